The van der Waals surface area contributed by atoms with Crippen LogP contribution in [0.2, 0.25) is 0 Å². The molecule has 3 rings (SSSR count). The standard InChI is InChI=1S/C17H17N7O3/c1-24-15(10-4-2-9(3-5-10)13(18)19)22-11-8-21-14(23-16(11)24)17(27)20-7-6-12(25)26/h2-5,8H,6-7H2,1H3,(H3,18,19)(H,20,27)(H,25,26). The van der Waals surface area contributed by atoms with Crippen molar-refractivity contribution in [2.75, 3.05) is 6.54 Å². The number of carboxylic acids is 1. The molecule has 0 bridgehead atoms. The Bertz CT molecular complexity index is 1040. The second-order valence-electron chi connectivity index (χ2n) is 5.79. The first-order valence-corrected chi connectivity index (χ1v) is 8.01. The molecule has 5 N–H and O–H groups in total. The monoisotopic (exact) mass is 367 g/mol. The fourth-order valence-electron chi connectivity index (χ4n) is 2.51. The topological polar surface area (TPSA) is 160 Å². The van der Waals surface area contributed by atoms with Crippen molar-refractivity contribution in [2.24, 2.45) is 12.8 Å². The van der Waals surface area contributed by atoms with Crippen molar-refractivity contribution in [3.63, 3.8) is 0 Å². The van der Waals surface area contributed by atoms with Crippen molar-refractivity contribution in [1.29, 1.82) is 5.41 Å². The fourth-order valence-corrected chi connectivity index (χ4v) is 2.51. The summed E-state index contributed by atoms with van der Waals surface area (Å²) < 4.78 is 1.73. The molecule has 1 aromatic carbocycles. The molecular weight excluding hydrogens is 350 g/mol. The molecule has 0 atom stereocenters. The number of nitrogen functional groups attached to an aromatic ring is 1. The van der Waals surface area contributed by atoms with Crippen LogP contribution < -0.4 is 11.1 Å². The van der Waals surface area contributed by atoms with E-state index < -0.39 is 11.9 Å². The number of amidine groups is 1. The van der Waals surface area contributed by atoms with Gasteiger partial charge in [0.1, 0.15) is 17.2 Å². The summed E-state index contributed by atoms with van der Waals surface area (Å²) >= 11 is 0. The lowest BCUT2D eigenvalue weighted by atomic mass is 10.1. The normalized spacial score (nSPS) is 10.7. The van der Waals surface area contributed by atoms with Crippen LogP contribution in [0, 0.1) is 5.41 Å². The number of nitrogens with zero attached hydrogens (tertiary/aromatic N) is 4. The van der Waals surface area contributed by atoms with Gasteiger partial charge in [0, 0.05) is 24.7 Å². The summed E-state index contributed by atoms with van der Waals surface area (Å²) in [4.78, 5) is 35.3. The number of carboxylic acid groups (broad SMARTS) is 1. The van der Waals surface area contributed by atoms with Gasteiger partial charge in [0.15, 0.2) is 5.65 Å². The van der Waals surface area contributed by atoms with Crippen LogP contribution in [-0.2, 0) is 11.8 Å². The number of benzene rings is 1. The third-order valence-electron chi connectivity index (χ3n) is 3.89. The molecule has 0 saturated heterocycles. The number of hydrogen-bond acceptors (Lipinski definition) is 6. The molecular formula is C17H17N7O3. The molecule has 2 heterocycles. The SMILES string of the molecule is Cn1c(-c2ccc(C(=N)N)cc2)nc2cnc(C(=O)NCCC(=O)O)nc21. The van der Waals surface area contributed by atoms with E-state index in [0.717, 1.165) is 5.56 Å². The van der Waals surface area contributed by atoms with Crippen LogP contribution in [-0.4, -0.2) is 48.9 Å². The maximum atomic E-state index is 12.1. The van der Waals surface area contributed by atoms with E-state index in [2.05, 4.69) is 20.3 Å². The van der Waals surface area contributed by atoms with E-state index in [1.54, 1.807) is 35.9 Å². The largest absolute Gasteiger partial charge is 0.481 e. The molecule has 0 unspecified atom stereocenters. The van der Waals surface area contributed by atoms with Crippen molar-refractivity contribution < 1.29 is 14.7 Å². The molecule has 0 aliphatic heterocycles. The van der Waals surface area contributed by atoms with Gasteiger partial charge in [0.05, 0.1) is 12.6 Å². The maximum absolute atomic E-state index is 12.1. The van der Waals surface area contributed by atoms with Crippen molar-refractivity contribution in [3.8, 4) is 11.4 Å². The number of aliphatic carboxylic acids is 1. The van der Waals surface area contributed by atoms with Gasteiger partial charge in [0.25, 0.3) is 5.91 Å². The van der Waals surface area contributed by atoms with Crippen LogP contribution in [0.5, 0.6) is 0 Å². The highest BCUT2D eigenvalue weighted by molar-refractivity contribution is 5.95. The van der Waals surface area contributed by atoms with Gasteiger partial charge >= 0.3 is 5.97 Å². The van der Waals surface area contributed by atoms with Crippen LogP contribution in [0.3, 0.4) is 0 Å². The predicted octanol–water partition coefficient (Wildman–Crippen LogP) is 0.519. The number of rotatable bonds is 6. The Morgan fingerprint density at radius 2 is 1.96 bits per heavy atom. The predicted molar refractivity (Wildman–Crippen MR) is 97.3 cm³/mol. The molecule has 3 aromatic rings. The third kappa shape index (κ3) is 3.73. The molecule has 138 valence electrons. The Labute approximate surface area is 153 Å². The van der Waals surface area contributed by atoms with Gasteiger partial charge < -0.3 is 20.7 Å². The number of nitrogens with one attached hydrogen (secondary N) is 2. The Balaban J connectivity index is 1.89. The number of imidazole rings is 1. The summed E-state index contributed by atoms with van der Waals surface area (Å²) in [6.45, 7) is -0.00526. The van der Waals surface area contributed by atoms with Gasteiger partial charge in [-0.1, -0.05) is 24.3 Å². The van der Waals surface area contributed by atoms with Crippen molar-refractivity contribution in [2.45, 2.75) is 6.42 Å². The summed E-state index contributed by atoms with van der Waals surface area (Å²) in [5.74, 6) is -1.01. The second kappa shape index (κ2) is 7.20. The zero-order valence-electron chi connectivity index (χ0n) is 14.4. The fraction of sp³-hybridized carbons (Fsp3) is 0.176. The first kappa shape index (κ1) is 18.0. The zero-order valence-corrected chi connectivity index (χ0v) is 14.4. The minimum Gasteiger partial charge on any atom is -0.481 e. The molecule has 0 radical (unpaired) electrons. The number of fused-ring (bicyclic) bond motifs is 1. The molecule has 0 aliphatic rings. The van der Waals surface area contributed by atoms with Gasteiger partial charge in [-0.3, -0.25) is 15.0 Å². The Morgan fingerprint density at radius 3 is 2.59 bits per heavy atom. The van der Waals surface area contributed by atoms with E-state index in [4.69, 9.17) is 16.2 Å². The lowest BCUT2D eigenvalue weighted by Crippen LogP contribution is -2.27. The molecule has 0 fully saturated rings. The first-order chi connectivity index (χ1) is 12.9. The Hall–Kier alpha value is -3.82. The smallest absolute Gasteiger partial charge is 0.305 e. The van der Waals surface area contributed by atoms with E-state index in [-0.39, 0.29) is 24.6 Å². The minimum atomic E-state index is -1.00. The summed E-state index contributed by atoms with van der Waals surface area (Å²) in [5, 5.41) is 18.5. The van der Waals surface area contributed by atoms with Crippen LogP contribution in [0.1, 0.15) is 22.6 Å². The molecule has 10 heteroatoms. The number of carbonyl (C=O) groups is 2. The summed E-state index contributed by atoms with van der Waals surface area (Å²) in [7, 11) is 1.77. The van der Waals surface area contributed by atoms with Crippen LogP contribution >= 0.6 is 0 Å². The van der Waals surface area contributed by atoms with Gasteiger partial charge in [0.2, 0.25) is 5.82 Å². The Kier molecular flexibility index (Phi) is 4.79. The second-order valence-corrected chi connectivity index (χ2v) is 5.79. The highest BCUT2D eigenvalue weighted by atomic mass is 16.4. The van der Waals surface area contributed by atoms with Crippen LogP contribution in [0.25, 0.3) is 22.6 Å². The summed E-state index contributed by atoms with van der Waals surface area (Å²) in [6, 6.07) is 7.05. The Morgan fingerprint density at radius 1 is 1.26 bits per heavy atom. The van der Waals surface area contributed by atoms with Gasteiger partial charge in [-0.2, -0.15) is 0 Å². The number of amides is 1. The van der Waals surface area contributed by atoms with Gasteiger partial charge in [-0.25, -0.2) is 15.0 Å². The highest BCUT2D eigenvalue weighted by Gasteiger charge is 2.16. The average Bonchev–Trinajstić information content (AvgIpc) is 2.97. The van der Waals surface area contributed by atoms with Gasteiger partial charge in [-0.15, -0.1) is 0 Å². The van der Waals surface area contributed by atoms with Gasteiger partial charge in [-0.05, 0) is 0 Å². The summed E-state index contributed by atoms with van der Waals surface area (Å²) in [5.41, 5.74) is 7.86. The van der Waals surface area contributed by atoms with Crippen LogP contribution in [0.15, 0.2) is 30.5 Å². The van der Waals surface area contributed by atoms with E-state index in [1.165, 1.54) is 6.20 Å². The van der Waals surface area contributed by atoms with Crippen molar-refractivity contribution >= 4 is 28.9 Å². The first-order valence-electron chi connectivity index (χ1n) is 8.01. The number of aromatic nitrogens is 4. The molecule has 27 heavy (non-hydrogen) atoms. The molecule has 2 aromatic heterocycles. The summed E-state index contributed by atoms with van der Waals surface area (Å²) in [6.07, 6.45) is 1.27. The van der Waals surface area contributed by atoms with E-state index in [0.29, 0.717) is 22.6 Å². The molecule has 0 spiro atoms. The lowest BCUT2D eigenvalue weighted by Gasteiger charge is -2.04. The lowest BCUT2D eigenvalue weighted by molar-refractivity contribution is -0.136. The van der Waals surface area contributed by atoms with E-state index >= 15 is 0 Å². The highest BCUT2D eigenvalue weighted by Crippen LogP contribution is 2.22. The molecule has 0 saturated carbocycles. The number of aryl methyl sites for hydroxylation is 1. The average molecular weight is 367 g/mol. The number of nitrogens with two attached hydrogens (primary N) is 1. The molecule has 0 aliphatic carbocycles. The maximum Gasteiger partial charge on any atom is 0.305 e. The zero-order chi connectivity index (χ0) is 19.6. The van der Waals surface area contributed by atoms with E-state index in [1.807, 2.05) is 0 Å². The molecule has 1 amide bonds. The van der Waals surface area contributed by atoms with Crippen molar-refractivity contribution in [1.82, 2.24) is 24.8 Å². The van der Waals surface area contributed by atoms with E-state index in [9.17, 15) is 9.59 Å². The van der Waals surface area contributed by atoms with Crippen LogP contribution in [0.4, 0.5) is 0 Å². The molecule has 10 nitrogen and oxygen atoms in total. The number of carbonyl (C=O) groups excluding carboxylic acids is 1. The minimum absolute atomic E-state index is 0.00526. The number of hydrogen-bond donors (Lipinski definition) is 4. The quantitative estimate of drug-likeness (QED) is 0.365. The third-order valence-corrected chi connectivity index (χ3v) is 3.89. The van der Waals surface area contributed by atoms with Crippen molar-refractivity contribution in [3.05, 3.63) is 41.9 Å².